The Bertz CT molecular complexity index is 820. The summed E-state index contributed by atoms with van der Waals surface area (Å²) in [5.74, 6) is 0.0567. The third-order valence-corrected chi connectivity index (χ3v) is 5.77. The third kappa shape index (κ3) is 2.36. The molecule has 0 amide bonds. The van der Waals surface area contributed by atoms with Crippen molar-refractivity contribution in [3.05, 3.63) is 67.4 Å². The third-order valence-electron chi connectivity index (χ3n) is 3.17. The van der Waals surface area contributed by atoms with Crippen LogP contribution >= 0.6 is 43.2 Å². The minimum atomic E-state index is 0.0567. The molecule has 4 heteroatoms. The van der Waals surface area contributed by atoms with Gasteiger partial charge in [0.05, 0.1) is 0 Å². The predicted molar refractivity (Wildman–Crippen MR) is 91.8 cm³/mol. The van der Waals surface area contributed by atoms with Crippen LogP contribution in [0.3, 0.4) is 0 Å². The fraction of sp³-hybridized carbons (Fsp3) is 0.0625. The first-order chi connectivity index (χ1) is 9.58. The highest BCUT2D eigenvalue weighted by molar-refractivity contribution is 9.11. The second-order valence-corrected chi connectivity index (χ2v) is 7.17. The lowest BCUT2D eigenvalue weighted by Crippen LogP contribution is -2.01. The van der Waals surface area contributed by atoms with Crippen molar-refractivity contribution in [1.29, 1.82) is 0 Å². The molecule has 0 fully saturated rings. The molecule has 3 rings (SSSR count). The summed E-state index contributed by atoms with van der Waals surface area (Å²) < 4.78 is 2.98. The molecule has 100 valence electrons. The normalized spacial score (nSPS) is 10.9. The topological polar surface area (TPSA) is 17.1 Å². The quantitative estimate of drug-likeness (QED) is 0.476. The first kappa shape index (κ1) is 14.0. The zero-order valence-electron chi connectivity index (χ0n) is 10.6. The van der Waals surface area contributed by atoms with Gasteiger partial charge in [0.15, 0.2) is 5.78 Å². The van der Waals surface area contributed by atoms with Gasteiger partial charge >= 0.3 is 0 Å². The number of fused-ring (bicyclic) bond motifs is 1. The monoisotopic (exact) mass is 408 g/mol. The van der Waals surface area contributed by atoms with E-state index in [1.54, 1.807) is 11.3 Å². The molecule has 1 heterocycles. The van der Waals surface area contributed by atoms with Crippen LogP contribution in [0.4, 0.5) is 0 Å². The molecule has 20 heavy (non-hydrogen) atoms. The Kier molecular flexibility index (Phi) is 3.80. The zero-order chi connectivity index (χ0) is 14.3. The van der Waals surface area contributed by atoms with Gasteiger partial charge in [-0.3, -0.25) is 4.79 Å². The van der Waals surface area contributed by atoms with Gasteiger partial charge in [-0.25, -0.2) is 0 Å². The Morgan fingerprint density at radius 2 is 1.85 bits per heavy atom. The van der Waals surface area contributed by atoms with Crippen molar-refractivity contribution in [3.8, 4) is 0 Å². The molecule has 0 saturated carbocycles. The van der Waals surface area contributed by atoms with Crippen molar-refractivity contribution in [2.24, 2.45) is 0 Å². The first-order valence-electron chi connectivity index (χ1n) is 6.04. The SMILES string of the molecule is Cc1ccc(C(=O)c2csc3c(Br)cccc23)c(Br)c1. The van der Waals surface area contributed by atoms with E-state index in [1.807, 2.05) is 48.7 Å². The Hall–Kier alpha value is -0.970. The highest BCUT2D eigenvalue weighted by Gasteiger charge is 2.17. The van der Waals surface area contributed by atoms with Gasteiger partial charge in [0.2, 0.25) is 0 Å². The largest absolute Gasteiger partial charge is 0.289 e. The van der Waals surface area contributed by atoms with E-state index in [9.17, 15) is 4.79 Å². The number of thiophene rings is 1. The molecule has 1 nitrogen and oxygen atoms in total. The van der Waals surface area contributed by atoms with Crippen LogP contribution in [-0.4, -0.2) is 5.78 Å². The molecule has 0 unspecified atom stereocenters. The van der Waals surface area contributed by atoms with Crippen LogP contribution in [0.2, 0.25) is 0 Å². The minimum Gasteiger partial charge on any atom is -0.289 e. The smallest absolute Gasteiger partial charge is 0.195 e. The molecular formula is C16H10Br2OS. The van der Waals surface area contributed by atoms with Crippen molar-refractivity contribution in [3.63, 3.8) is 0 Å². The number of hydrogen-bond acceptors (Lipinski definition) is 2. The van der Waals surface area contributed by atoms with E-state index < -0.39 is 0 Å². The van der Waals surface area contributed by atoms with Crippen LogP contribution in [0.1, 0.15) is 21.5 Å². The summed E-state index contributed by atoms with van der Waals surface area (Å²) in [6.45, 7) is 2.01. The number of aryl methyl sites for hydroxylation is 1. The van der Waals surface area contributed by atoms with Gasteiger partial charge in [0.25, 0.3) is 0 Å². The molecule has 0 aliphatic rings. The van der Waals surface area contributed by atoms with Crippen molar-refractivity contribution in [2.75, 3.05) is 0 Å². The number of carbonyl (C=O) groups is 1. The molecule has 1 aromatic heterocycles. The van der Waals surface area contributed by atoms with E-state index in [4.69, 9.17) is 0 Å². The first-order valence-corrected chi connectivity index (χ1v) is 8.51. The van der Waals surface area contributed by atoms with E-state index in [2.05, 4.69) is 31.9 Å². The van der Waals surface area contributed by atoms with Crippen molar-refractivity contribution >= 4 is 59.1 Å². The Morgan fingerprint density at radius 3 is 2.60 bits per heavy atom. The number of rotatable bonds is 2. The van der Waals surface area contributed by atoms with Gasteiger partial charge in [-0.15, -0.1) is 11.3 Å². The van der Waals surface area contributed by atoms with E-state index in [1.165, 1.54) is 0 Å². The van der Waals surface area contributed by atoms with Crippen LogP contribution < -0.4 is 0 Å². The standard InChI is InChI=1S/C16H10Br2OS/c1-9-5-6-11(14(18)7-9)15(19)12-8-20-16-10(12)3-2-4-13(16)17/h2-8H,1H3. The van der Waals surface area contributed by atoms with Crippen molar-refractivity contribution in [2.45, 2.75) is 6.92 Å². The zero-order valence-corrected chi connectivity index (χ0v) is 14.6. The lowest BCUT2D eigenvalue weighted by Gasteiger charge is -2.04. The lowest BCUT2D eigenvalue weighted by atomic mass is 10.0. The Morgan fingerprint density at radius 1 is 1.05 bits per heavy atom. The molecule has 0 saturated heterocycles. The van der Waals surface area contributed by atoms with E-state index in [0.29, 0.717) is 5.56 Å². The molecule has 0 aliphatic carbocycles. The number of benzene rings is 2. The molecule has 3 aromatic rings. The second kappa shape index (κ2) is 5.43. The van der Waals surface area contributed by atoms with E-state index in [0.717, 1.165) is 30.2 Å². The van der Waals surface area contributed by atoms with Crippen LogP contribution in [-0.2, 0) is 0 Å². The minimum absolute atomic E-state index is 0.0567. The molecule has 0 bridgehead atoms. The fourth-order valence-corrected chi connectivity index (χ4v) is 4.42. The predicted octanol–water partition coefficient (Wildman–Crippen LogP) is 5.97. The van der Waals surface area contributed by atoms with Crippen LogP contribution in [0.25, 0.3) is 10.1 Å². The van der Waals surface area contributed by atoms with Crippen LogP contribution in [0.5, 0.6) is 0 Å². The maximum absolute atomic E-state index is 12.7. The maximum atomic E-state index is 12.7. The number of hydrogen-bond donors (Lipinski definition) is 0. The van der Waals surface area contributed by atoms with Crippen LogP contribution in [0, 0.1) is 6.92 Å². The molecule has 0 spiro atoms. The number of halogens is 2. The van der Waals surface area contributed by atoms with Gasteiger partial charge in [-0.2, -0.15) is 0 Å². The molecule has 0 radical (unpaired) electrons. The summed E-state index contributed by atoms with van der Waals surface area (Å²) >= 11 is 8.60. The second-order valence-electron chi connectivity index (χ2n) is 4.58. The average molecular weight is 410 g/mol. The number of carbonyl (C=O) groups excluding carboxylic acids is 1. The van der Waals surface area contributed by atoms with Crippen molar-refractivity contribution < 1.29 is 4.79 Å². The molecule has 0 aliphatic heterocycles. The van der Waals surface area contributed by atoms with Gasteiger partial charge in [-0.1, -0.05) is 34.1 Å². The Balaban J connectivity index is 2.16. The van der Waals surface area contributed by atoms with Gasteiger partial charge in [-0.05, 0) is 46.6 Å². The lowest BCUT2D eigenvalue weighted by molar-refractivity contribution is 0.104. The summed E-state index contributed by atoms with van der Waals surface area (Å²) in [6, 6.07) is 11.8. The highest BCUT2D eigenvalue weighted by atomic mass is 79.9. The summed E-state index contributed by atoms with van der Waals surface area (Å²) in [5, 5.41) is 2.94. The summed E-state index contributed by atoms with van der Waals surface area (Å²) in [7, 11) is 0. The van der Waals surface area contributed by atoms with Crippen molar-refractivity contribution in [1.82, 2.24) is 0 Å². The average Bonchev–Trinajstić information content (AvgIpc) is 2.83. The van der Waals surface area contributed by atoms with Gasteiger partial charge < -0.3 is 0 Å². The molecule has 0 atom stereocenters. The summed E-state index contributed by atoms with van der Waals surface area (Å²) in [6.07, 6.45) is 0. The highest BCUT2D eigenvalue weighted by Crippen LogP contribution is 2.34. The Labute approximate surface area is 137 Å². The van der Waals surface area contributed by atoms with E-state index >= 15 is 0 Å². The van der Waals surface area contributed by atoms with Gasteiger partial charge in [0, 0.05) is 35.5 Å². The summed E-state index contributed by atoms with van der Waals surface area (Å²) in [4.78, 5) is 12.7. The maximum Gasteiger partial charge on any atom is 0.195 e. The van der Waals surface area contributed by atoms with Gasteiger partial charge in [0.1, 0.15) is 0 Å². The summed E-state index contributed by atoms with van der Waals surface area (Å²) in [5.41, 5.74) is 2.59. The molecular weight excluding hydrogens is 400 g/mol. The fourth-order valence-electron chi connectivity index (χ4n) is 2.15. The van der Waals surface area contributed by atoms with Crippen LogP contribution in [0.15, 0.2) is 50.7 Å². The molecule has 2 aromatic carbocycles. The molecule has 0 N–H and O–H groups in total. The van der Waals surface area contributed by atoms with E-state index in [-0.39, 0.29) is 5.78 Å². The number of ketones is 1.